The highest BCUT2D eigenvalue weighted by Crippen LogP contribution is 2.54. The van der Waals surface area contributed by atoms with Crippen LogP contribution in [0.3, 0.4) is 0 Å². The fourth-order valence-electron chi connectivity index (χ4n) is 5.48. The molecule has 0 aromatic heterocycles. The minimum atomic E-state index is -6.38. The maximum Gasteiger partial charge on any atom is 0.435 e. The summed E-state index contributed by atoms with van der Waals surface area (Å²) < 4.78 is 158. The summed E-state index contributed by atoms with van der Waals surface area (Å²) in [6.07, 6.45) is -13.2. The third-order valence-electron chi connectivity index (χ3n) is 8.19. The van der Waals surface area contributed by atoms with Gasteiger partial charge in [0.05, 0.1) is 16.4 Å². The first-order valence-corrected chi connectivity index (χ1v) is 15.8. The Kier molecular flexibility index (Phi) is 7.79. The minimum Gasteiger partial charge on any atom is -0.340 e. The van der Waals surface area contributed by atoms with Crippen molar-refractivity contribution in [3.63, 3.8) is 0 Å². The predicted octanol–water partition coefficient (Wildman–Crippen LogP) is 5.23. The molecule has 0 bridgehead atoms. The van der Waals surface area contributed by atoms with E-state index in [1.807, 2.05) is 0 Å². The molecule has 2 aliphatic heterocycles. The number of hydrogen-bond acceptors (Lipinski definition) is 5. The van der Waals surface area contributed by atoms with E-state index in [9.17, 15) is 56.8 Å². The highest BCUT2D eigenvalue weighted by molar-refractivity contribution is 7.92. The number of hydrogen-bond donors (Lipinski definition) is 0. The molecule has 0 aliphatic carbocycles. The van der Waals surface area contributed by atoms with Crippen LogP contribution in [0.1, 0.15) is 37.3 Å². The van der Waals surface area contributed by atoms with E-state index < -0.39 is 76.6 Å². The van der Waals surface area contributed by atoms with Gasteiger partial charge in [0, 0.05) is 24.1 Å². The van der Waals surface area contributed by atoms with Gasteiger partial charge in [-0.3, -0.25) is 4.79 Å². The number of carbonyl (C=O) groups is 1. The maximum absolute atomic E-state index is 14.7. The van der Waals surface area contributed by atoms with E-state index in [0.29, 0.717) is 12.1 Å². The minimum absolute atomic E-state index is 0.0372. The molecule has 1 amide bonds. The summed E-state index contributed by atoms with van der Waals surface area (Å²) >= 11 is 0. The monoisotopic (exact) mass is 647 g/mol. The molecule has 1 atom stereocenters. The van der Waals surface area contributed by atoms with Gasteiger partial charge in [-0.1, -0.05) is 31.2 Å². The zero-order chi connectivity index (χ0) is 31.6. The van der Waals surface area contributed by atoms with Crippen LogP contribution >= 0.6 is 0 Å². The summed E-state index contributed by atoms with van der Waals surface area (Å²) in [5.41, 5.74) is -9.04. The van der Waals surface area contributed by atoms with Crippen LogP contribution in [-0.2, 0) is 34.9 Å². The van der Waals surface area contributed by atoms with Crippen LogP contribution < -0.4 is 0 Å². The first-order valence-electron chi connectivity index (χ1n) is 12.5. The summed E-state index contributed by atoms with van der Waals surface area (Å²) in [7, 11) is -7.97. The van der Waals surface area contributed by atoms with Gasteiger partial charge in [0.25, 0.3) is 0 Å². The zero-order valence-corrected chi connectivity index (χ0v) is 23.5. The summed E-state index contributed by atoms with van der Waals surface area (Å²) in [4.78, 5) is 14.3. The largest absolute Gasteiger partial charge is 0.435 e. The van der Waals surface area contributed by atoms with E-state index in [1.165, 1.54) is 6.92 Å². The number of halogens is 8. The van der Waals surface area contributed by atoms with Gasteiger partial charge in [-0.25, -0.2) is 25.6 Å². The van der Waals surface area contributed by atoms with E-state index in [1.54, 1.807) is 0 Å². The van der Waals surface area contributed by atoms with Gasteiger partial charge in [0.15, 0.2) is 9.84 Å². The zero-order valence-electron chi connectivity index (χ0n) is 21.9. The van der Waals surface area contributed by atoms with Crippen LogP contribution in [0, 0.1) is 11.2 Å². The second kappa shape index (κ2) is 10.2. The molecule has 6 nitrogen and oxygen atoms in total. The number of nitrogens with zero attached hydrogens (tertiary/aromatic N) is 1. The van der Waals surface area contributed by atoms with Crippen molar-refractivity contribution >= 4 is 25.6 Å². The Morgan fingerprint density at radius 1 is 0.833 bits per heavy atom. The Balaban J connectivity index is 1.80. The average Bonchev–Trinajstić information content (AvgIpc) is 3.36. The number of carbonyl (C=O) groups excluding carboxylic acids is 1. The lowest BCUT2D eigenvalue weighted by molar-refractivity contribution is -0.348. The predicted molar refractivity (Wildman–Crippen MR) is 134 cm³/mol. The summed E-state index contributed by atoms with van der Waals surface area (Å²) in [5, 5.41) is 0. The van der Waals surface area contributed by atoms with Crippen LogP contribution in [0.25, 0.3) is 0 Å². The lowest BCUT2D eigenvalue weighted by atomic mass is 9.82. The quantitative estimate of drug-likeness (QED) is 0.328. The SMILES string of the molecule is CC1(C(=O)N2CC[C@](c3ccc(C(F)(C(F)(F)F)C(F)(F)F)cc3)(S(=O)(=O)c3ccc(F)cc3)C2)CCS(=O)(=O)CC1. The van der Waals surface area contributed by atoms with Crippen molar-refractivity contribution in [2.45, 2.75) is 53.9 Å². The third kappa shape index (κ3) is 5.18. The van der Waals surface area contributed by atoms with Gasteiger partial charge in [0.2, 0.25) is 5.91 Å². The van der Waals surface area contributed by atoms with Crippen molar-refractivity contribution in [3.05, 3.63) is 65.5 Å². The van der Waals surface area contributed by atoms with E-state index in [-0.39, 0.29) is 55.0 Å². The molecule has 2 fully saturated rings. The van der Waals surface area contributed by atoms with Gasteiger partial charge >= 0.3 is 18.0 Å². The molecule has 0 radical (unpaired) electrons. The van der Waals surface area contributed by atoms with Crippen molar-refractivity contribution in [1.82, 2.24) is 4.90 Å². The molecule has 2 saturated heterocycles. The van der Waals surface area contributed by atoms with Crippen molar-refractivity contribution in [2.75, 3.05) is 24.6 Å². The number of likely N-dealkylation sites (tertiary alicyclic amines) is 1. The smallest absolute Gasteiger partial charge is 0.340 e. The molecule has 2 aliphatic rings. The van der Waals surface area contributed by atoms with Gasteiger partial charge in [-0.15, -0.1) is 0 Å². The highest BCUT2D eigenvalue weighted by Gasteiger charge is 2.73. The first-order chi connectivity index (χ1) is 19.1. The van der Waals surface area contributed by atoms with E-state index in [4.69, 9.17) is 0 Å². The van der Waals surface area contributed by atoms with Gasteiger partial charge in [0.1, 0.15) is 20.4 Å². The van der Waals surface area contributed by atoms with E-state index in [2.05, 4.69) is 0 Å². The number of sulfone groups is 2. The standard InChI is InChI=1S/C26H25F8NO5S2/c1-22(11-14-41(37,38)15-12-22)21(36)35-13-10-23(16-35,42(39,40)20-8-6-19(27)7-9-20)17-2-4-18(5-3-17)24(28,25(29,30)31)26(32,33)34/h2-9H,10-16H2,1H3/t23-/m0/s1. The Hall–Kier alpha value is -2.75. The van der Waals surface area contributed by atoms with Crippen molar-refractivity contribution < 1.29 is 56.8 Å². The molecule has 2 aromatic rings. The molecular formula is C26H25F8NO5S2. The lowest BCUT2D eigenvalue weighted by Crippen LogP contribution is -2.50. The lowest BCUT2D eigenvalue weighted by Gasteiger charge is -2.36. The molecule has 0 saturated carbocycles. The van der Waals surface area contributed by atoms with Crippen molar-refractivity contribution in [3.8, 4) is 0 Å². The van der Waals surface area contributed by atoms with Crippen LogP contribution in [0.15, 0.2) is 53.4 Å². The Morgan fingerprint density at radius 2 is 1.33 bits per heavy atom. The van der Waals surface area contributed by atoms with Crippen LogP contribution in [-0.4, -0.2) is 64.6 Å². The summed E-state index contributed by atoms with van der Waals surface area (Å²) in [6.45, 7) is 0.733. The molecule has 0 unspecified atom stereocenters. The van der Waals surface area contributed by atoms with E-state index in [0.717, 1.165) is 29.2 Å². The number of rotatable bonds is 5. The van der Waals surface area contributed by atoms with Crippen LogP contribution in [0.2, 0.25) is 0 Å². The number of benzene rings is 2. The molecule has 0 N–H and O–H groups in total. The van der Waals surface area contributed by atoms with Gasteiger partial charge < -0.3 is 4.90 Å². The second-order valence-corrected chi connectivity index (χ2v) is 15.4. The van der Waals surface area contributed by atoms with Crippen LogP contribution in [0.4, 0.5) is 35.1 Å². The number of amides is 1. The molecular weight excluding hydrogens is 622 g/mol. The van der Waals surface area contributed by atoms with Gasteiger partial charge in [-0.05, 0) is 49.1 Å². The average molecular weight is 648 g/mol. The fourth-order valence-corrected chi connectivity index (χ4v) is 9.29. The maximum atomic E-state index is 14.7. The molecule has 2 heterocycles. The molecule has 232 valence electrons. The van der Waals surface area contributed by atoms with E-state index >= 15 is 0 Å². The van der Waals surface area contributed by atoms with Crippen LogP contribution in [0.5, 0.6) is 0 Å². The number of alkyl halides is 7. The fraction of sp³-hybridized carbons (Fsp3) is 0.500. The summed E-state index contributed by atoms with van der Waals surface area (Å²) in [6, 6.07) is 5.24. The molecule has 42 heavy (non-hydrogen) atoms. The topological polar surface area (TPSA) is 88.6 Å². The Morgan fingerprint density at radius 3 is 1.81 bits per heavy atom. The third-order valence-corrected chi connectivity index (χ3v) is 12.3. The first kappa shape index (κ1) is 32.2. The van der Waals surface area contributed by atoms with Crippen molar-refractivity contribution in [1.29, 1.82) is 0 Å². The molecule has 16 heteroatoms. The van der Waals surface area contributed by atoms with Crippen molar-refractivity contribution in [2.24, 2.45) is 5.41 Å². The van der Waals surface area contributed by atoms with Gasteiger partial charge in [-0.2, -0.15) is 26.3 Å². The molecule has 2 aromatic carbocycles. The Labute approximate surface area is 236 Å². The Bertz CT molecular complexity index is 1540. The highest BCUT2D eigenvalue weighted by atomic mass is 32.2. The second-order valence-electron chi connectivity index (χ2n) is 10.9. The molecule has 0 spiro atoms. The molecule has 4 rings (SSSR count). The normalized spacial score (nSPS) is 23.1. The summed E-state index contributed by atoms with van der Waals surface area (Å²) in [5.74, 6) is -1.89.